The molecule has 9 heteroatoms. The highest BCUT2D eigenvalue weighted by Crippen LogP contribution is 2.33. The maximum atomic E-state index is 13.1. The quantitative estimate of drug-likeness (QED) is 0.292. The minimum Gasteiger partial charge on any atom is -0.326 e. The van der Waals surface area contributed by atoms with Crippen LogP contribution in [0.1, 0.15) is 28.9 Å². The van der Waals surface area contributed by atoms with Crippen LogP contribution in [-0.4, -0.2) is 26.8 Å². The number of rotatable bonds is 7. The minimum atomic E-state index is -4.46. The summed E-state index contributed by atoms with van der Waals surface area (Å²) >= 11 is 1.49. The number of thioether (sulfide) groups is 1. The molecule has 0 aliphatic carbocycles. The molecule has 0 aliphatic rings. The van der Waals surface area contributed by atoms with Crippen molar-refractivity contribution in [3.63, 3.8) is 0 Å². The first-order chi connectivity index (χ1) is 16.3. The predicted molar refractivity (Wildman–Crippen MR) is 129 cm³/mol. The number of hydrogen-bond donors (Lipinski definition) is 2. The molecule has 0 spiro atoms. The van der Waals surface area contributed by atoms with Crippen molar-refractivity contribution in [1.82, 2.24) is 15.2 Å². The van der Waals surface area contributed by atoms with E-state index < -0.39 is 11.7 Å². The summed E-state index contributed by atoms with van der Waals surface area (Å²) in [7, 11) is 0. The third-order valence-corrected chi connectivity index (χ3v) is 6.08. The second-order valence-electron chi connectivity index (χ2n) is 7.58. The van der Waals surface area contributed by atoms with Crippen molar-refractivity contribution in [2.75, 3.05) is 11.1 Å². The molecule has 2 heterocycles. The summed E-state index contributed by atoms with van der Waals surface area (Å²) in [5.74, 6) is 0.143. The number of anilines is 1. The molecule has 0 aliphatic heterocycles. The number of nitrogens with zero attached hydrogens (tertiary/aromatic N) is 2. The minimum absolute atomic E-state index is 0.116. The van der Waals surface area contributed by atoms with Crippen molar-refractivity contribution in [2.45, 2.75) is 24.4 Å². The number of aryl methyl sites for hydroxylation is 1. The third kappa shape index (κ3) is 5.85. The van der Waals surface area contributed by atoms with Gasteiger partial charge in [-0.25, -0.2) is 0 Å². The summed E-state index contributed by atoms with van der Waals surface area (Å²) < 4.78 is 39.2. The van der Waals surface area contributed by atoms with Gasteiger partial charge in [0.05, 0.1) is 22.5 Å². The highest BCUT2D eigenvalue weighted by Gasteiger charge is 2.32. The van der Waals surface area contributed by atoms with Crippen molar-refractivity contribution in [3.8, 4) is 0 Å². The summed E-state index contributed by atoms with van der Waals surface area (Å²) in [6.45, 7) is 1.39. The fourth-order valence-corrected chi connectivity index (χ4v) is 4.25. The molecule has 0 fully saturated rings. The normalized spacial score (nSPS) is 11.9. The number of carbonyl (C=O) groups excluding carboxylic acids is 1. The lowest BCUT2D eigenvalue weighted by molar-refractivity contribution is -0.138. The smallest absolute Gasteiger partial charge is 0.326 e. The molecule has 1 amide bonds. The predicted octanol–water partition coefficient (Wildman–Crippen LogP) is 6.58. The number of aromatic nitrogens is 3. The zero-order chi connectivity index (χ0) is 24.1. The van der Waals surface area contributed by atoms with E-state index in [-0.39, 0.29) is 23.6 Å². The van der Waals surface area contributed by atoms with Crippen molar-refractivity contribution in [1.29, 1.82) is 0 Å². The van der Waals surface area contributed by atoms with E-state index in [0.717, 1.165) is 33.3 Å². The first kappa shape index (κ1) is 23.6. The number of H-pyrrole nitrogens is 1. The standard InChI is InChI=1S/C25H21F3N4OS/c1-16-5-6-18(14-21(16)25(26,27)28)30-24(33)11-13-34-19-8-9-20-22(31-32-23(20)15-19)10-7-17-4-2-3-12-29-17/h2-10,12,14-15H,11,13H2,1H3,(H,30,33)(H,31,32)/b10-7+. The molecule has 0 saturated carbocycles. The summed E-state index contributed by atoms with van der Waals surface area (Å²) in [4.78, 5) is 17.4. The Bertz CT molecular complexity index is 1330. The third-order valence-electron chi connectivity index (χ3n) is 5.09. The second-order valence-corrected chi connectivity index (χ2v) is 8.75. The maximum Gasteiger partial charge on any atom is 0.416 e. The lowest BCUT2D eigenvalue weighted by Crippen LogP contribution is -2.14. The lowest BCUT2D eigenvalue weighted by Gasteiger charge is -2.12. The molecular formula is C25H21F3N4OS. The van der Waals surface area contributed by atoms with Crippen molar-refractivity contribution in [3.05, 3.63) is 83.3 Å². The number of benzene rings is 2. The molecular weight excluding hydrogens is 461 g/mol. The van der Waals surface area contributed by atoms with Crippen LogP contribution in [0.5, 0.6) is 0 Å². The number of alkyl halides is 3. The molecule has 4 aromatic rings. The molecule has 0 bridgehead atoms. The molecule has 5 nitrogen and oxygen atoms in total. The number of halogens is 3. The number of aromatic amines is 1. The van der Waals surface area contributed by atoms with Crippen LogP contribution in [0.25, 0.3) is 23.1 Å². The van der Waals surface area contributed by atoms with Crippen LogP contribution < -0.4 is 5.32 Å². The van der Waals surface area contributed by atoms with Gasteiger partial charge in [-0.3, -0.25) is 14.9 Å². The van der Waals surface area contributed by atoms with Gasteiger partial charge in [-0.15, -0.1) is 11.8 Å². The van der Waals surface area contributed by atoms with E-state index in [1.165, 1.54) is 30.8 Å². The van der Waals surface area contributed by atoms with Gasteiger partial charge in [0.15, 0.2) is 0 Å². The van der Waals surface area contributed by atoms with Gasteiger partial charge in [0, 0.05) is 34.3 Å². The highest BCUT2D eigenvalue weighted by atomic mass is 32.2. The van der Waals surface area contributed by atoms with E-state index in [1.54, 1.807) is 6.20 Å². The van der Waals surface area contributed by atoms with E-state index in [1.807, 2.05) is 48.6 Å². The van der Waals surface area contributed by atoms with Crippen LogP contribution in [0.3, 0.4) is 0 Å². The fourth-order valence-electron chi connectivity index (χ4n) is 3.37. The first-order valence-electron chi connectivity index (χ1n) is 10.5. The van der Waals surface area contributed by atoms with Gasteiger partial charge in [-0.1, -0.05) is 12.1 Å². The SMILES string of the molecule is Cc1ccc(NC(=O)CCSc2ccc3c(/C=C/c4ccccn4)n[nH]c3c2)cc1C(F)(F)F. The molecule has 0 radical (unpaired) electrons. The molecule has 34 heavy (non-hydrogen) atoms. The number of pyridine rings is 1. The van der Waals surface area contributed by atoms with Crippen molar-refractivity contribution < 1.29 is 18.0 Å². The van der Waals surface area contributed by atoms with Crippen LogP contribution in [0.15, 0.2) is 65.7 Å². The lowest BCUT2D eigenvalue weighted by atomic mass is 10.1. The number of nitrogens with one attached hydrogen (secondary N) is 2. The van der Waals surface area contributed by atoms with Gasteiger partial charge < -0.3 is 5.32 Å². The van der Waals surface area contributed by atoms with Gasteiger partial charge >= 0.3 is 6.18 Å². The summed E-state index contributed by atoms with van der Waals surface area (Å²) in [5.41, 5.74) is 2.01. The van der Waals surface area contributed by atoms with Gasteiger partial charge in [-0.05, 0) is 67.1 Å². The number of carbonyl (C=O) groups is 1. The molecule has 0 atom stereocenters. The number of fused-ring (bicyclic) bond motifs is 1. The zero-order valence-corrected chi connectivity index (χ0v) is 19.0. The monoisotopic (exact) mass is 482 g/mol. The second kappa shape index (κ2) is 10.1. The van der Waals surface area contributed by atoms with Gasteiger partial charge in [0.25, 0.3) is 0 Å². The summed E-state index contributed by atoms with van der Waals surface area (Å²) in [6, 6.07) is 15.3. The van der Waals surface area contributed by atoms with Crippen molar-refractivity contribution in [2.24, 2.45) is 0 Å². The average molecular weight is 483 g/mol. The largest absolute Gasteiger partial charge is 0.416 e. The van der Waals surface area contributed by atoms with E-state index >= 15 is 0 Å². The van der Waals surface area contributed by atoms with Crippen LogP contribution in [-0.2, 0) is 11.0 Å². The van der Waals surface area contributed by atoms with Gasteiger partial charge in [0.1, 0.15) is 0 Å². The van der Waals surface area contributed by atoms with E-state index in [2.05, 4.69) is 20.5 Å². The van der Waals surface area contributed by atoms with Crippen molar-refractivity contribution >= 4 is 46.4 Å². The molecule has 2 N–H and O–H groups in total. The Labute approximate surface area is 198 Å². The maximum absolute atomic E-state index is 13.1. The van der Waals surface area contributed by atoms with E-state index in [0.29, 0.717) is 5.75 Å². The van der Waals surface area contributed by atoms with Crippen LogP contribution >= 0.6 is 11.8 Å². The zero-order valence-electron chi connectivity index (χ0n) is 18.2. The Morgan fingerprint density at radius 3 is 2.74 bits per heavy atom. The van der Waals surface area contributed by atoms with Crippen LogP contribution in [0, 0.1) is 6.92 Å². The number of amides is 1. The topological polar surface area (TPSA) is 70.7 Å². The molecule has 0 unspecified atom stereocenters. The number of hydrogen-bond acceptors (Lipinski definition) is 4. The Kier molecular flexibility index (Phi) is 7.02. The molecule has 174 valence electrons. The molecule has 2 aromatic carbocycles. The van der Waals surface area contributed by atoms with E-state index in [9.17, 15) is 18.0 Å². The van der Waals surface area contributed by atoms with Crippen LogP contribution in [0.4, 0.5) is 18.9 Å². The Morgan fingerprint density at radius 2 is 1.97 bits per heavy atom. The van der Waals surface area contributed by atoms with Gasteiger partial charge in [0.2, 0.25) is 5.91 Å². The Morgan fingerprint density at radius 1 is 1.12 bits per heavy atom. The molecule has 0 saturated heterocycles. The Hall–Kier alpha value is -3.59. The Balaban J connectivity index is 1.33. The average Bonchev–Trinajstić information content (AvgIpc) is 3.21. The molecule has 2 aromatic heterocycles. The first-order valence-corrected chi connectivity index (χ1v) is 11.5. The van der Waals surface area contributed by atoms with Crippen LogP contribution in [0.2, 0.25) is 0 Å². The van der Waals surface area contributed by atoms with Gasteiger partial charge in [-0.2, -0.15) is 18.3 Å². The van der Waals surface area contributed by atoms with E-state index in [4.69, 9.17) is 0 Å². The molecule has 4 rings (SSSR count). The highest BCUT2D eigenvalue weighted by molar-refractivity contribution is 7.99. The summed E-state index contributed by atoms with van der Waals surface area (Å²) in [5, 5.41) is 10.9. The fraction of sp³-hybridized carbons (Fsp3) is 0.160. The summed E-state index contributed by atoms with van der Waals surface area (Å²) in [6.07, 6.45) is 1.22.